The molecule has 0 rings (SSSR count). The zero-order chi connectivity index (χ0) is 10.3. The SMILES string of the molecule is C[C@H](O)CNS(=O)(=O)CCCCCl. The third-order valence-electron chi connectivity index (χ3n) is 1.40. The van der Waals surface area contributed by atoms with Crippen LogP contribution < -0.4 is 4.72 Å². The molecule has 0 saturated carbocycles. The van der Waals surface area contributed by atoms with Crippen molar-refractivity contribution in [2.75, 3.05) is 18.2 Å². The van der Waals surface area contributed by atoms with Crippen molar-refractivity contribution < 1.29 is 13.5 Å². The van der Waals surface area contributed by atoms with E-state index in [0.29, 0.717) is 18.7 Å². The molecule has 0 aromatic heterocycles. The van der Waals surface area contributed by atoms with Crippen LogP contribution in [-0.4, -0.2) is 37.8 Å². The van der Waals surface area contributed by atoms with E-state index in [2.05, 4.69) is 4.72 Å². The summed E-state index contributed by atoms with van der Waals surface area (Å²) in [4.78, 5) is 0. The van der Waals surface area contributed by atoms with Crippen LogP contribution in [0.1, 0.15) is 19.8 Å². The van der Waals surface area contributed by atoms with E-state index in [0.717, 1.165) is 0 Å². The van der Waals surface area contributed by atoms with Crippen LogP contribution in [-0.2, 0) is 10.0 Å². The number of hydrogen-bond donors (Lipinski definition) is 2. The van der Waals surface area contributed by atoms with Gasteiger partial charge in [0.1, 0.15) is 0 Å². The van der Waals surface area contributed by atoms with Crippen molar-refractivity contribution in [3.05, 3.63) is 0 Å². The highest BCUT2D eigenvalue weighted by Gasteiger charge is 2.09. The van der Waals surface area contributed by atoms with Crippen LogP contribution in [0.5, 0.6) is 0 Å². The lowest BCUT2D eigenvalue weighted by atomic mass is 10.4. The summed E-state index contributed by atoms with van der Waals surface area (Å²) < 4.78 is 24.6. The van der Waals surface area contributed by atoms with Crippen molar-refractivity contribution in [1.82, 2.24) is 4.72 Å². The molecule has 0 fully saturated rings. The van der Waals surface area contributed by atoms with E-state index in [4.69, 9.17) is 16.7 Å². The summed E-state index contributed by atoms with van der Waals surface area (Å²) in [6.45, 7) is 1.60. The first kappa shape index (κ1) is 13.2. The number of unbranched alkanes of at least 4 members (excludes halogenated alkanes) is 1. The topological polar surface area (TPSA) is 66.4 Å². The van der Waals surface area contributed by atoms with E-state index >= 15 is 0 Å². The lowest BCUT2D eigenvalue weighted by molar-refractivity contribution is 0.198. The second-order valence-electron chi connectivity index (χ2n) is 2.91. The summed E-state index contributed by atoms with van der Waals surface area (Å²) in [5.41, 5.74) is 0. The molecule has 6 heteroatoms. The van der Waals surface area contributed by atoms with Crippen molar-refractivity contribution >= 4 is 21.6 Å². The zero-order valence-electron chi connectivity index (χ0n) is 7.66. The molecule has 13 heavy (non-hydrogen) atoms. The first-order valence-electron chi connectivity index (χ1n) is 4.19. The molecule has 0 aliphatic rings. The molecule has 4 nitrogen and oxygen atoms in total. The Morgan fingerprint density at radius 2 is 2.08 bits per heavy atom. The number of halogens is 1. The first-order chi connectivity index (χ1) is 5.98. The Kier molecular flexibility index (Phi) is 6.67. The van der Waals surface area contributed by atoms with Crippen molar-refractivity contribution in [3.8, 4) is 0 Å². The number of aliphatic hydroxyl groups excluding tert-OH is 1. The Labute approximate surface area is 84.3 Å². The molecule has 0 aliphatic heterocycles. The van der Waals surface area contributed by atoms with Gasteiger partial charge < -0.3 is 5.11 Å². The standard InChI is InChI=1S/C7H16ClNO3S/c1-7(10)6-9-13(11,12)5-3-2-4-8/h7,9-10H,2-6H2,1H3/t7-/m0/s1. The fourth-order valence-electron chi connectivity index (χ4n) is 0.706. The fraction of sp³-hybridized carbons (Fsp3) is 1.00. The first-order valence-corrected chi connectivity index (χ1v) is 6.38. The van der Waals surface area contributed by atoms with E-state index in [1.54, 1.807) is 0 Å². The normalized spacial score (nSPS) is 14.4. The summed E-state index contributed by atoms with van der Waals surface area (Å²) >= 11 is 5.40. The van der Waals surface area contributed by atoms with Gasteiger partial charge in [-0.25, -0.2) is 13.1 Å². The lowest BCUT2D eigenvalue weighted by Gasteiger charge is -2.07. The molecule has 0 aliphatic carbocycles. The van der Waals surface area contributed by atoms with Gasteiger partial charge in [-0.15, -0.1) is 11.6 Å². The van der Waals surface area contributed by atoms with Gasteiger partial charge >= 0.3 is 0 Å². The number of sulfonamides is 1. The summed E-state index contributed by atoms with van der Waals surface area (Å²) in [7, 11) is -3.22. The minimum atomic E-state index is -3.22. The molecule has 0 aromatic carbocycles. The molecular weight excluding hydrogens is 214 g/mol. The van der Waals surface area contributed by atoms with Gasteiger partial charge in [-0.2, -0.15) is 0 Å². The predicted molar refractivity (Wildman–Crippen MR) is 53.4 cm³/mol. The molecule has 0 spiro atoms. The zero-order valence-corrected chi connectivity index (χ0v) is 9.24. The van der Waals surface area contributed by atoms with Gasteiger partial charge in [-0.3, -0.25) is 0 Å². The Morgan fingerprint density at radius 1 is 1.46 bits per heavy atom. The maximum Gasteiger partial charge on any atom is 0.211 e. The van der Waals surface area contributed by atoms with Crippen LogP contribution in [0.3, 0.4) is 0 Å². The van der Waals surface area contributed by atoms with Crippen LogP contribution in [0, 0.1) is 0 Å². The molecule has 1 atom stereocenters. The minimum Gasteiger partial charge on any atom is -0.392 e. The second-order valence-corrected chi connectivity index (χ2v) is 5.22. The third kappa shape index (κ3) is 8.49. The fourth-order valence-corrected chi connectivity index (χ4v) is 2.12. The quantitative estimate of drug-likeness (QED) is 0.488. The number of rotatable bonds is 7. The lowest BCUT2D eigenvalue weighted by Crippen LogP contribution is -2.32. The van der Waals surface area contributed by atoms with Gasteiger partial charge in [0, 0.05) is 12.4 Å². The summed E-state index contributed by atoms with van der Waals surface area (Å²) in [6, 6.07) is 0. The number of nitrogens with one attached hydrogen (secondary N) is 1. The van der Waals surface area contributed by atoms with E-state index in [-0.39, 0.29) is 12.3 Å². The molecule has 2 N–H and O–H groups in total. The van der Waals surface area contributed by atoms with Crippen molar-refractivity contribution in [2.45, 2.75) is 25.9 Å². The van der Waals surface area contributed by atoms with Gasteiger partial charge in [-0.05, 0) is 19.8 Å². The smallest absolute Gasteiger partial charge is 0.211 e. The Hall–Kier alpha value is 0.160. The third-order valence-corrected chi connectivity index (χ3v) is 3.10. The predicted octanol–water partition coefficient (Wildman–Crippen LogP) is 0.306. The summed E-state index contributed by atoms with van der Waals surface area (Å²) in [5.74, 6) is 0.554. The maximum atomic E-state index is 11.1. The molecular formula is C7H16ClNO3S. The van der Waals surface area contributed by atoms with Gasteiger partial charge in [0.05, 0.1) is 11.9 Å². The van der Waals surface area contributed by atoms with Crippen LogP contribution in [0.4, 0.5) is 0 Å². The van der Waals surface area contributed by atoms with Crippen LogP contribution in [0.15, 0.2) is 0 Å². The van der Waals surface area contributed by atoms with Crippen molar-refractivity contribution in [1.29, 1.82) is 0 Å². The van der Waals surface area contributed by atoms with Gasteiger partial charge in [0.15, 0.2) is 0 Å². The average molecular weight is 230 g/mol. The molecule has 0 unspecified atom stereocenters. The summed E-state index contributed by atoms with van der Waals surface area (Å²) in [6.07, 6.45) is 0.596. The van der Waals surface area contributed by atoms with Crippen LogP contribution in [0.2, 0.25) is 0 Å². The maximum absolute atomic E-state index is 11.1. The minimum absolute atomic E-state index is 0.0726. The van der Waals surface area contributed by atoms with Crippen LogP contribution in [0.25, 0.3) is 0 Å². The van der Waals surface area contributed by atoms with Crippen LogP contribution >= 0.6 is 11.6 Å². The molecule has 0 radical (unpaired) electrons. The Bertz CT molecular complexity index is 216. The van der Waals surface area contributed by atoms with E-state index in [1.165, 1.54) is 6.92 Å². The van der Waals surface area contributed by atoms with Gasteiger partial charge in [0.2, 0.25) is 10.0 Å². The van der Waals surface area contributed by atoms with Gasteiger partial charge in [-0.1, -0.05) is 0 Å². The van der Waals surface area contributed by atoms with E-state index in [1.807, 2.05) is 0 Å². The molecule has 0 heterocycles. The highest BCUT2D eigenvalue weighted by Crippen LogP contribution is 1.96. The Balaban J connectivity index is 3.68. The number of alkyl halides is 1. The van der Waals surface area contributed by atoms with Crippen molar-refractivity contribution in [3.63, 3.8) is 0 Å². The molecule has 0 bridgehead atoms. The monoisotopic (exact) mass is 229 g/mol. The highest BCUT2D eigenvalue weighted by molar-refractivity contribution is 7.89. The average Bonchev–Trinajstić information content (AvgIpc) is 2.02. The van der Waals surface area contributed by atoms with Gasteiger partial charge in [0.25, 0.3) is 0 Å². The largest absolute Gasteiger partial charge is 0.392 e. The molecule has 0 aromatic rings. The molecule has 80 valence electrons. The highest BCUT2D eigenvalue weighted by atomic mass is 35.5. The number of aliphatic hydroxyl groups is 1. The van der Waals surface area contributed by atoms with E-state index < -0.39 is 16.1 Å². The second kappa shape index (κ2) is 6.59. The summed E-state index contributed by atoms with van der Waals surface area (Å²) in [5, 5.41) is 8.84. The van der Waals surface area contributed by atoms with Crippen molar-refractivity contribution in [2.24, 2.45) is 0 Å². The number of hydrogen-bond acceptors (Lipinski definition) is 3. The van der Waals surface area contributed by atoms with E-state index in [9.17, 15) is 8.42 Å². The molecule has 0 saturated heterocycles. The Morgan fingerprint density at radius 3 is 2.54 bits per heavy atom. The molecule has 0 amide bonds.